The quantitative estimate of drug-likeness (QED) is 0.217. The minimum Gasteiger partial charge on any atom is -0.479 e. The molecule has 2 aromatic heterocycles. The van der Waals surface area contributed by atoms with Gasteiger partial charge in [-0.3, -0.25) is 9.59 Å². The molecule has 1 atom stereocenters. The maximum Gasteiger partial charge on any atom is 0.254 e. The molecule has 2 aromatic carbocycles. The van der Waals surface area contributed by atoms with Crippen LogP contribution in [0.1, 0.15) is 52.8 Å². The van der Waals surface area contributed by atoms with Crippen LogP contribution in [0.4, 0.5) is 4.39 Å². The second-order valence-corrected chi connectivity index (χ2v) is 10.8. The van der Waals surface area contributed by atoms with E-state index in [1.165, 1.54) is 19.2 Å². The lowest BCUT2D eigenvalue weighted by Crippen LogP contribution is -2.50. The Hall–Kier alpha value is -3.54. The van der Waals surface area contributed by atoms with E-state index in [0.29, 0.717) is 17.9 Å². The number of aromatic nitrogens is 3. The summed E-state index contributed by atoms with van der Waals surface area (Å²) in [4.78, 5) is 30.6. The first-order valence-electron chi connectivity index (χ1n) is 12.8. The predicted molar refractivity (Wildman–Crippen MR) is 151 cm³/mol. The lowest BCUT2D eigenvalue weighted by molar-refractivity contribution is -0.159. The molecule has 0 unspecified atom stereocenters. The largest absolute Gasteiger partial charge is 0.479 e. The van der Waals surface area contributed by atoms with Crippen LogP contribution in [-0.2, 0) is 16.0 Å². The zero-order chi connectivity index (χ0) is 28.0. The number of nitrogens with zero attached hydrogens (tertiary/aromatic N) is 3. The Morgan fingerprint density at radius 1 is 1.15 bits per heavy atom. The second-order valence-electron chi connectivity index (χ2n) is 10.3. The summed E-state index contributed by atoms with van der Waals surface area (Å²) >= 11 is 6.22. The molecule has 9 nitrogen and oxygen atoms in total. The number of methoxy groups -OCH3 is 1. The topological polar surface area (TPSA) is 118 Å². The second kappa shape index (κ2) is 11.4. The number of benzene rings is 2. The summed E-state index contributed by atoms with van der Waals surface area (Å²) in [7, 11) is 1.43. The minimum atomic E-state index is -0.879. The SMILES string of the molecule is COc1cc(C(=O)CC2(C(=O)C[C@H]3CCc4cc(-c5cc(Cl)cc(F)c5-c5noc(C)n5)ccc43)COC2)on1.S. The highest BCUT2D eigenvalue weighted by Gasteiger charge is 2.48. The zero-order valence-electron chi connectivity index (χ0n) is 22.3. The van der Waals surface area contributed by atoms with E-state index >= 15 is 4.39 Å². The summed E-state index contributed by atoms with van der Waals surface area (Å²) < 4.78 is 35.6. The van der Waals surface area contributed by atoms with Crippen LogP contribution in [0.25, 0.3) is 22.5 Å². The molecule has 1 saturated heterocycles. The third kappa shape index (κ3) is 5.41. The fraction of sp³-hybridized carbons (Fsp3) is 0.345. The van der Waals surface area contributed by atoms with Crippen molar-refractivity contribution < 1.29 is 32.5 Å². The molecule has 1 aliphatic carbocycles. The molecular formula is C29H27ClFN3O6S. The number of carbonyl (C=O) groups excluding carboxylic acids is 2. The molecule has 12 heteroatoms. The first-order chi connectivity index (χ1) is 19.3. The number of carbonyl (C=O) groups is 2. The highest BCUT2D eigenvalue weighted by Crippen LogP contribution is 2.44. The normalized spacial score (nSPS) is 16.9. The molecule has 1 fully saturated rings. The standard InChI is InChI=1S/C29H25ClFN3O6.H2S/c1-15-32-28(34-39-15)27-21(9-19(30)10-22(27)31)17-5-6-20-16(7-17)3-4-18(20)8-25(36)29(13-38-14-29)12-23(35)24-11-26(37-2)33-40-24;/h5-7,9-11,18H,3-4,8,12-14H2,1-2H3;1H2/t18-;/m1./s1. The fourth-order valence-electron chi connectivity index (χ4n) is 5.55. The van der Waals surface area contributed by atoms with Crippen LogP contribution in [0.15, 0.2) is 45.4 Å². The Morgan fingerprint density at radius 3 is 2.61 bits per heavy atom. The van der Waals surface area contributed by atoms with E-state index in [9.17, 15) is 9.59 Å². The number of hydrogen-bond acceptors (Lipinski definition) is 9. The first-order valence-corrected chi connectivity index (χ1v) is 13.2. The van der Waals surface area contributed by atoms with Crippen LogP contribution in [0, 0.1) is 18.2 Å². The van der Waals surface area contributed by atoms with Crippen LogP contribution in [0.2, 0.25) is 5.02 Å². The van der Waals surface area contributed by atoms with Gasteiger partial charge in [0.05, 0.1) is 37.4 Å². The van der Waals surface area contributed by atoms with E-state index in [2.05, 4.69) is 15.3 Å². The van der Waals surface area contributed by atoms with Gasteiger partial charge in [-0.1, -0.05) is 35.0 Å². The van der Waals surface area contributed by atoms with Crippen LogP contribution >= 0.6 is 25.1 Å². The van der Waals surface area contributed by atoms with Gasteiger partial charge >= 0.3 is 0 Å². The molecule has 0 N–H and O–H groups in total. The molecule has 0 amide bonds. The molecule has 0 bridgehead atoms. The highest BCUT2D eigenvalue weighted by molar-refractivity contribution is 7.59. The number of hydrogen-bond donors (Lipinski definition) is 0. The molecule has 0 radical (unpaired) electrons. The summed E-state index contributed by atoms with van der Waals surface area (Å²) in [5.74, 6) is -0.121. The Balaban J connectivity index is 0.00000337. The zero-order valence-corrected chi connectivity index (χ0v) is 24.1. The molecule has 0 spiro atoms. The van der Waals surface area contributed by atoms with Crippen molar-refractivity contribution in [3.8, 4) is 28.4 Å². The van der Waals surface area contributed by atoms with Crippen molar-refractivity contribution in [1.82, 2.24) is 15.3 Å². The molecule has 41 heavy (non-hydrogen) atoms. The lowest BCUT2D eigenvalue weighted by Gasteiger charge is -2.40. The molecule has 1 aliphatic heterocycles. The molecule has 214 valence electrons. The third-order valence-electron chi connectivity index (χ3n) is 7.71. The number of rotatable bonds is 9. The van der Waals surface area contributed by atoms with Crippen molar-refractivity contribution in [3.05, 3.63) is 70.0 Å². The summed E-state index contributed by atoms with van der Waals surface area (Å²) in [6, 6.07) is 10.2. The Morgan fingerprint density at radius 2 is 1.95 bits per heavy atom. The molecule has 2 aliphatic rings. The third-order valence-corrected chi connectivity index (χ3v) is 7.93. The maximum absolute atomic E-state index is 15.0. The van der Waals surface area contributed by atoms with Crippen molar-refractivity contribution in [1.29, 1.82) is 0 Å². The monoisotopic (exact) mass is 599 g/mol. The van der Waals surface area contributed by atoms with Gasteiger partial charge in [0.25, 0.3) is 5.88 Å². The molecule has 6 rings (SSSR count). The van der Waals surface area contributed by atoms with Crippen LogP contribution in [0.3, 0.4) is 0 Å². The number of fused-ring (bicyclic) bond motifs is 1. The fourth-order valence-corrected chi connectivity index (χ4v) is 5.75. The number of halogens is 2. The number of Topliss-reactive ketones (excluding diaryl/α,β-unsaturated/α-hetero) is 2. The summed E-state index contributed by atoms with van der Waals surface area (Å²) in [5.41, 5.74) is 2.80. The van der Waals surface area contributed by atoms with Gasteiger partial charge in [-0.25, -0.2) is 4.39 Å². The van der Waals surface area contributed by atoms with Gasteiger partial charge < -0.3 is 18.5 Å². The number of aryl methyl sites for hydroxylation is 2. The van der Waals surface area contributed by atoms with Gasteiger partial charge in [0.15, 0.2) is 0 Å². The van der Waals surface area contributed by atoms with Gasteiger partial charge in [0.2, 0.25) is 23.3 Å². The van der Waals surface area contributed by atoms with Crippen LogP contribution < -0.4 is 4.74 Å². The van der Waals surface area contributed by atoms with Crippen molar-refractivity contribution in [2.75, 3.05) is 20.3 Å². The van der Waals surface area contributed by atoms with Crippen molar-refractivity contribution >= 4 is 36.7 Å². The van der Waals surface area contributed by atoms with Crippen molar-refractivity contribution in [3.63, 3.8) is 0 Å². The van der Waals surface area contributed by atoms with Gasteiger partial charge in [-0.05, 0) is 58.3 Å². The van der Waals surface area contributed by atoms with Gasteiger partial charge in [-0.15, -0.1) is 0 Å². The van der Waals surface area contributed by atoms with E-state index in [1.807, 2.05) is 18.2 Å². The summed E-state index contributed by atoms with van der Waals surface area (Å²) in [5, 5.41) is 7.83. The maximum atomic E-state index is 15.0. The Kier molecular flexibility index (Phi) is 8.04. The van der Waals surface area contributed by atoms with Crippen LogP contribution in [0.5, 0.6) is 5.88 Å². The number of ketones is 2. The van der Waals surface area contributed by atoms with Crippen molar-refractivity contribution in [2.24, 2.45) is 5.41 Å². The Labute approximate surface area is 246 Å². The minimum absolute atomic E-state index is 0. The molecular weight excluding hydrogens is 573 g/mol. The summed E-state index contributed by atoms with van der Waals surface area (Å²) in [6.45, 7) is 2.03. The Bertz CT molecular complexity index is 1630. The molecule has 4 aromatic rings. The van der Waals surface area contributed by atoms with Gasteiger partial charge in [0.1, 0.15) is 11.6 Å². The van der Waals surface area contributed by atoms with E-state index in [0.717, 1.165) is 29.5 Å². The number of ether oxygens (including phenoxy) is 2. The van der Waals surface area contributed by atoms with Crippen molar-refractivity contribution in [2.45, 2.75) is 38.5 Å². The molecule has 0 saturated carbocycles. The smallest absolute Gasteiger partial charge is 0.254 e. The van der Waals surface area contributed by atoms with E-state index in [1.54, 1.807) is 13.0 Å². The van der Waals surface area contributed by atoms with E-state index in [4.69, 9.17) is 30.1 Å². The van der Waals surface area contributed by atoms with Gasteiger partial charge in [-0.2, -0.15) is 18.5 Å². The van der Waals surface area contributed by atoms with Crippen LogP contribution in [-0.4, -0.2) is 47.2 Å². The molecule has 3 heterocycles. The van der Waals surface area contributed by atoms with E-state index in [-0.39, 0.29) is 78.7 Å². The van der Waals surface area contributed by atoms with E-state index < -0.39 is 11.2 Å². The average Bonchev–Trinajstić information content (AvgIpc) is 3.65. The van der Waals surface area contributed by atoms with Gasteiger partial charge in [0, 0.05) is 24.8 Å². The summed E-state index contributed by atoms with van der Waals surface area (Å²) in [6.07, 6.45) is 1.83. The highest BCUT2D eigenvalue weighted by atomic mass is 35.5. The average molecular weight is 600 g/mol. The first kappa shape index (κ1) is 29.0. The lowest BCUT2D eigenvalue weighted by atomic mass is 9.73. The predicted octanol–water partition coefficient (Wildman–Crippen LogP) is 5.89.